The quantitative estimate of drug-likeness (QED) is 0.873. The summed E-state index contributed by atoms with van der Waals surface area (Å²) < 4.78 is 8.30. The molecular formula is C13H14Cl2N4OS. The molecule has 1 amide bonds. The smallest absolute Gasteiger partial charge is 0.227 e. The van der Waals surface area contributed by atoms with Crippen molar-refractivity contribution < 1.29 is 4.79 Å². The summed E-state index contributed by atoms with van der Waals surface area (Å²) >= 11 is 13.3. The van der Waals surface area contributed by atoms with Gasteiger partial charge in [0.1, 0.15) is 11.0 Å². The average molecular weight is 345 g/mol. The van der Waals surface area contributed by atoms with Gasteiger partial charge in [-0.2, -0.15) is 8.75 Å². The van der Waals surface area contributed by atoms with Crippen molar-refractivity contribution in [3.05, 3.63) is 16.1 Å². The molecule has 1 aliphatic rings. The molecule has 21 heavy (non-hydrogen) atoms. The zero-order chi connectivity index (χ0) is 15.0. The third kappa shape index (κ3) is 2.99. The first kappa shape index (κ1) is 15.0. The molecular weight excluding hydrogens is 331 g/mol. The Kier molecular flexibility index (Phi) is 4.31. The van der Waals surface area contributed by atoms with E-state index in [0.717, 1.165) is 31.0 Å². The van der Waals surface area contributed by atoms with E-state index in [1.807, 2.05) is 0 Å². The van der Waals surface area contributed by atoms with E-state index in [0.29, 0.717) is 33.2 Å². The Labute approximate surface area is 136 Å². The second-order valence-corrected chi connectivity index (χ2v) is 6.63. The van der Waals surface area contributed by atoms with Crippen molar-refractivity contribution in [3.63, 3.8) is 0 Å². The standard InChI is InChI=1S/C13H14Cl2N4OS/c14-8-5-9(15)11-12(19-21-18-11)10(8)17-13(20)6-2-1-3-7(16)4-6/h5-7H,1-4,16H2,(H,17,20). The number of benzene rings is 1. The van der Waals surface area contributed by atoms with Crippen molar-refractivity contribution in [2.24, 2.45) is 11.7 Å². The number of nitrogens with one attached hydrogen (secondary N) is 1. The van der Waals surface area contributed by atoms with Crippen molar-refractivity contribution in [1.29, 1.82) is 0 Å². The van der Waals surface area contributed by atoms with Crippen LogP contribution >= 0.6 is 34.9 Å². The molecule has 1 saturated carbocycles. The largest absolute Gasteiger partial charge is 0.328 e. The van der Waals surface area contributed by atoms with Gasteiger partial charge in [0.15, 0.2) is 0 Å². The van der Waals surface area contributed by atoms with Crippen LogP contribution in [-0.2, 0) is 4.79 Å². The molecule has 1 aliphatic carbocycles. The van der Waals surface area contributed by atoms with Crippen molar-refractivity contribution in [3.8, 4) is 0 Å². The molecule has 2 unspecified atom stereocenters. The fraction of sp³-hybridized carbons (Fsp3) is 0.462. The number of carbonyl (C=O) groups excluding carboxylic acids is 1. The Balaban J connectivity index is 1.87. The highest BCUT2D eigenvalue weighted by atomic mass is 35.5. The average Bonchev–Trinajstić information content (AvgIpc) is 2.93. The SMILES string of the molecule is NC1CCCC(C(=O)Nc2c(Cl)cc(Cl)c3nsnc23)C1. The minimum absolute atomic E-state index is 0.0660. The predicted octanol–water partition coefficient (Wildman–Crippen LogP) is 3.45. The molecule has 3 rings (SSSR count). The van der Waals surface area contributed by atoms with Gasteiger partial charge >= 0.3 is 0 Å². The molecule has 112 valence electrons. The maximum absolute atomic E-state index is 12.4. The van der Waals surface area contributed by atoms with Crippen molar-refractivity contribution >= 4 is 57.6 Å². The van der Waals surface area contributed by atoms with Crippen LogP contribution in [0.2, 0.25) is 10.0 Å². The van der Waals surface area contributed by atoms with E-state index >= 15 is 0 Å². The molecule has 3 N–H and O–H groups in total. The normalized spacial score (nSPS) is 22.4. The van der Waals surface area contributed by atoms with Crippen LogP contribution in [0.1, 0.15) is 25.7 Å². The predicted molar refractivity (Wildman–Crippen MR) is 86.0 cm³/mol. The van der Waals surface area contributed by atoms with Gasteiger partial charge in [-0.05, 0) is 25.3 Å². The van der Waals surface area contributed by atoms with E-state index in [1.54, 1.807) is 6.07 Å². The molecule has 0 bridgehead atoms. The van der Waals surface area contributed by atoms with Crippen LogP contribution in [0.3, 0.4) is 0 Å². The Morgan fingerprint density at radius 1 is 1.29 bits per heavy atom. The van der Waals surface area contributed by atoms with Gasteiger partial charge in [-0.3, -0.25) is 4.79 Å². The van der Waals surface area contributed by atoms with Crippen LogP contribution in [0.5, 0.6) is 0 Å². The van der Waals surface area contributed by atoms with Gasteiger partial charge in [-0.15, -0.1) is 0 Å². The second kappa shape index (κ2) is 6.04. The fourth-order valence-electron chi connectivity index (χ4n) is 2.68. The van der Waals surface area contributed by atoms with Gasteiger partial charge in [0.05, 0.1) is 27.5 Å². The summed E-state index contributed by atoms with van der Waals surface area (Å²) in [5, 5.41) is 3.68. The first-order chi connectivity index (χ1) is 10.1. The Bertz CT molecular complexity index is 690. The highest BCUT2D eigenvalue weighted by Crippen LogP contribution is 2.36. The summed E-state index contributed by atoms with van der Waals surface area (Å²) in [6, 6.07) is 1.67. The highest BCUT2D eigenvalue weighted by Gasteiger charge is 2.26. The molecule has 1 aromatic carbocycles. The van der Waals surface area contributed by atoms with Gasteiger partial charge in [-0.25, -0.2) is 0 Å². The van der Waals surface area contributed by atoms with Crippen LogP contribution in [0.25, 0.3) is 11.0 Å². The van der Waals surface area contributed by atoms with E-state index in [1.165, 1.54) is 0 Å². The topological polar surface area (TPSA) is 80.9 Å². The number of hydrogen-bond acceptors (Lipinski definition) is 5. The lowest BCUT2D eigenvalue weighted by Gasteiger charge is -2.25. The van der Waals surface area contributed by atoms with Crippen LogP contribution in [0.4, 0.5) is 5.69 Å². The number of hydrogen-bond donors (Lipinski definition) is 2. The van der Waals surface area contributed by atoms with Gasteiger partial charge in [0, 0.05) is 12.0 Å². The molecule has 1 fully saturated rings. The molecule has 1 heterocycles. The number of anilines is 1. The number of amides is 1. The third-order valence-corrected chi connectivity index (χ3v) is 4.89. The number of carbonyl (C=O) groups is 1. The monoisotopic (exact) mass is 344 g/mol. The molecule has 2 atom stereocenters. The Hall–Kier alpha value is -0.950. The number of nitrogens with zero attached hydrogens (tertiary/aromatic N) is 2. The molecule has 8 heteroatoms. The Morgan fingerprint density at radius 3 is 2.81 bits per heavy atom. The zero-order valence-electron chi connectivity index (χ0n) is 11.1. The molecule has 2 aromatic rings. The zero-order valence-corrected chi connectivity index (χ0v) is 13.4. The van der Waals surface area contributed by atoms with E-state index < -0.39 is 0 Å². The van der Waals surface area contributed by atoms with E-state index in [9.17, 15) is 4.79 Å². The van der Waals surface area contributed by atoms with Crippen LogP contribution < -0.4 is 11.1 Å². The van der Waals surface area contributed by atoms with Crippen LogP contribution in [0.15, 0.2) is 6.07 Å². The summed E-state index contributed by atoms with van der Waals surface area (Å²) in [6.45, 7) is 0. The number of nitrogens with two attached hydrogens (primary N) is 1. The fourth-order valence-corrected chi connectivity index (χ4v) is 3.84. The van der Waals surface area contributed by atoms with E-state index in [-0.39, 0.29) is 17.9 Å². The maximum Gasteiger partial charge on any atom is 0.227 e. The summed E-state index contributed by atoms with van der Waals surface area (Å²) in [7, 11) is 0. The molecule has 5 nitrogen and oxygen atoms in total. The molecule has 1 aromatic heterocycles. The van der Waals surface area contributed by atoms with E-state index in [4.69, 9.17) is 28.9 Å². The first-order valence-corrected chi connectivity index (χ1v) is 8.21. The van der Waals surface area contributed by atoms with Gasteiger partial charge in [0.25, 0.3) is 0 Å². The van der Waals surface area contributed by atoms with Gasteiger partial charge < -0.3 is 11.1 Å². The van der Waals surface area contributed by atoms with Gasteiger partial charge in [0.2, 0.25) is 5.91 Å². The van der Waals surface area contributed by atoms with E-state index in [2.05, 4.69) is 14.1 Å². The molecule has 0 saturated heterocycles. The minimum atomic E-state index is -0.0814. The van der Waals surface area contributed by atoms with Crippen LogP contribution in [0, 0.1) is 5.92 Å². The lowest BCUT2D eigenvalue weighted by atomic mass is 9.85. The molecule has 0 spiro atoms. The molecule has 0 aliphatic heterocycles. The summed E-state index contributed by atoms with van der Waals surface area (Å²) in [5.41, 5.74) is 7.51. The summed E-state index contributed by atoms with van der Waals surface area (Å²) in [4.78, 5) is 12.4. The minimum Gasteiger partial charge on any atom is -0.328 e. The van der Waals surface area contributed by atoms with Crippen molar-refractivity contribution in [2.75, 3.05) is 5.32 Å². The summed E-state index contributed by atoms with van der Waals surface area (Å²) in [6.07, 6.45) is 3.51. The second-order valence-electron chi connectivity index (χ2n) is 5.29. The highest BCUT2D eigenvalue weighted by molar-refractivity contribution is 7.00. The Morgan fingerprint density at radius 2 is 2.05 bits per heavy atom. The van der Waals surface area contributed by atoms with Crippen molar-refractivity contribution in [1.82, 2.24) is 8.75 Å². The van der Waals surface area contributed by atoms with Gasteiger partial charge in [-0.1, -0.05) is 29.6 Å². The van der Waals surface area contributed by atoms with Crippen LogP contribution in [-0.4, -0.2) is 20.7 Å². The number of fused-ring (bicyclic) bond motifs is 1. The maximum atomic E-state index is 12.4. The lowest BCUT2D eigenvalue weighted by Crippen LogP contribution is -2.34. The van der Waals surface area contributed by atoms with Crippen molar-refractivity contribution in [2.45, 2.75) is 31.7 Å². The lowest BCUT2D eigenvalue weighted by molar-refractivity contribution is -0.120. The molecule has 0 radical (unpaired) electrons. The number of aromatic nitrogens is 2. The number of rotatable bonds is 2. The summed E-state index contributed by atoms with van der Waals surface area (Å²) in [5.74, 6) is -0.147. The third-order valence-electron chi connectivity index (χ3n) is 3.78. The number of halogens is 2. The first-order valence-electron chi connectivity index (χ1n) is 6.73.